The summed E-state index contributed by atoms with van der Waals surface area (Å²) in [5.74, 6) is 0.945. The second kappa shape index (κ2) is 13.3. The molecule has 2 rings (SSSR count). The van der Waals surface area contributed by atoms with Gasteiger partial charge >= 0.3 is 0 Å². The lowest BCUT2D eigenvalue weighted by atomic mass is 10.1. The number of rotatable bonds is 8. The van der Waals surface area contributed by atoms with Crippen molar-refractivity contribution >= 4 is 29.9 Å². The lowest BCUT2D eigenvalue weighted by Crippen LogP contribution is -2.38. The van der Waals surface area contributed by atoms with E-state index in [9.17, 15) is 0 Å². The van der Waals surface area contributed by atoms with Gasteiger partial charge in [-0.1, -0.05) is 37.6 Å². The van der Waals surface area contributed by atoms with Gasteiger partial charge in [0.15, 0.2) is 5.96 Å². The van der Waals surface area contributed by atoms with E-state index in [2.05, 4.69) is 53.4 Å². The lowest BCUT2D eigenvalue weighted by molar-refractivity contribution is -0.0390. The molecule has 5 nitrogen and oxygen atoms in total. The molecule has 1 N–H and O–H groups in total. The third-order valence-corrected chi connectivity index (χ3v) is 4.55. The molecule has 0 unspecified atom stereocenters. The third kappa shape index (κ3) is 8.22. The Hall–Kier alpha value is -0.860. The number of halogens is 1. The third-order valence-electron chi connectivity index (χ3n) is 4.55. The first-order chi connectivity index (χ1) is 12.2. The number of nitrogens with one attached hydrogen (secondary N) is 1. The summed E-state index contributed by atoms with van der Waals surface area (Å²) in [6.45, 7) is 6.34. The van der Waals surface area contributed by atoms with Crippen LogP contribution in [0.1, 0.15) is 43.7 Å². The van der Waals surface area contributed by atoms with Crippen molar-refractivity contribution in [2.24, 2.45) is 4.99 Å². The van der Waals surface area contributed by atoms with Gasteiger partial charge in [-0.3, -0.25) is 4.99 Å². The van der Waals surface area contributed by atoms with Crippen LogP contribution >= 0.6 is 24.0 Å². The van der Waals surface area contributed by atoms with Crippen LogP contribution in [-0.4, -0.2) is 50.8 Å². The fourth-order valence-corrected chi connectivity index (χ4v) is 2.88. The number of guanidine groups is 1. The summed E-state index contributed by atoms with van der Waals surface area (Å²) in [4.78, 5) is 6.54. The van der Waals surface area contributed by atoms with Gasteiger partial charge in [-0.05, 0) is 30.4 Å². The molecule has 0 saturated carbocycles. The van der Waals surface area contributed by atoms with Crippen molar-refractivity contribution in [3.05, 3.63) is 35.4 Å². The zero-order valence-corrected chi connectivity index (χ0v) is 18.7. The molecule has 0 bridgehead atoms. The van der Waals surface area contributed by atoms with Crippen LogP contribution in [0.4, 0.5) is 0 Å². The smallest absolute Gasteiger partial charge is 0.193 e. The van der Waals surface area contributed by atoms with E-state index in [4.69, 9.17) is 9.47 Å². The van der Waals surface area contributed by atoms with Crippen molar-refractivity contribution in [2.75, 3.05) is 33.9 Å². The van der Waals surface area contributed by atoms with E-state index in [1.165, 1.54) is 24.0 Å². The molecular formula is C20H34IN3O2. The minimum absolute atomic E-state index is 0. The molecule has 26 heavy (non-hydrogen) atoms. The van der Waals surface area contributed by atoms with Crippen LogP contribution in [0.25, 0.3) is 0 Å². The predicted octanol–water partition coefficient (Wildman–Crippen LogP) is 3.81. The first kappa shape index (κ1) is 23.2. The highest BCUT2D eigenvalue weighted by Crippen LogP contribution is 2.14. The number of nitrogens with zero attached hydrogens (tertiary/aromatic N) is 2. The van der Waals surface area contributed by atoms with E-state index in [0.717, 1.165) is 45.1 Å². The standard InChI is InChI=1S/C20H33N3O2.HI/c1-4-5-12-23(3)20(21-2)22-15-17-6-8-18(9-7-17)16-25-19-10-13-24-14-11-19;/h6-9,19H,4-5,10-16H2,1-3H3,(H,21,22);1H. The summed E-state index contributed by atoms with van der Waals surface area (Å²) in [7, 11) is 3.92. The minimum Gasteiger partial charge on any atom is -0.381 e. The molecule has 1 saturated heterocycles. The molecule has 0 amide bonds. The quantitative estimate of drug-likeness (QED) is 0.353. The number of hydrogen-bond acceptors (Lipinski definition) is 3. The van der Waals surface area contributed by atoms with Crippen LogP contribution in [0.2, 0.25) is 0 Å². The van der Waals surface area contributed by atoms with E-state index in [1.54, 1.807) is 0 Å². The van der Waals surface area contributed by atoms with Crippen LogP contribution in [0.15, 0.2) is 29.3 Å². The van der Waals surface area contributed by atoms with Crippen LogP contribution in [-0.2, 0) is 22.6 Å². The van der Waals surface area contributed by atoms with Crippen LogP contribution < -0.4 is 5.32 Å². The van der Waals surface area contributed by atoms with E-state index in [1.807, 2.05) is 7.05 Å². The number of hydrogen-bond donors (Lipinski definition) is 1. The molecule has 0 atom stereocenters. The van der Waals surface area contributed by atoms with Crippen LogP contribution in [0.3, 0.4) is 0 Å². The highest BCUT2D eigenvalue weighted by molar-refractivity contribution is 14.0. The molecule has 6 heteroatoms. The maximum Gasteiger partial charge on any atom is 0.193 e. The summed E-state index contributed by atoms with van der Waals surface area (Å²) in [6, 6.07) is 8.63. The molecule has 0 aromatic heterocycles. The van der Waals surface area contributed by atoms with Gasteiger partial charge in [0.2, 0.25) is 0 Å². The summed E-state index contributed by atoms with van der Waals surface area (Å²) in [6.07, 6.45) is 4.73. The Morgan fingerprint density at radius 1 is 1.23 bits per heavy atom. The molecule has 0 aliphatic carbocycles. The van der Waals surface area contributed by atoms with Crippen molar-refractivity contribution < 1.29 is 9.47 Å². The summed E-state index contributed by atoms with van der Waals surface area (Å²) >= 11 is 0. The Morgan fingerprint density at radius 3 is 2.50 bits per heavy atom. The maximum absolute atomic E-state index is 5.97. The Kier molecular flexibility index (Phi) is 11.9. The number of benzene rings is 1. The lowest BCUT2D eigenvalue weighted by Gasteiger charge is -2.22. The zero-order chi connectivity index (χ0) is 17.9. The summed E-state index contributed by atoms with van der Waals surface area (Å²) in [5.41, 5.74) is 2.47. The highest BCUT2D eigenvalue weighted by atomic mass is 127. The Labute approximate surface area is 175 Å². The number of aliphatic imine (C=N–C) groups is 1. The summed E-state index contributed by atoms with van der Waals surface area (Å²) in [5, 5.41) is 3.43. The van der Waals surface area contributed by atoms with Crippen LogP contribution in [0, 0.1) is 0 Å². The molecule has 148 valence electrons. The molecule has 0 radical (unpaired) electrons. The Balaban J connectivity index is 0.00000338. The van der Waals surface area contributed by atoms with Gasteiger partial charge in [0, 0.05) is 40.4 Å². The molecule has 1 aromatic rings. The molecule has 1 aromatic carbocycles. The molecule has 1 fully saturated rings. The SMILES string of the molecule is CCCCN(C)C(=NC)NCc1ccc(COC2CCOCC2)cc1.I. The van der Waals surface area contributed by atoms with Crippen molar-refractivity contribution in [1.29, 1.82) is 0 Å². The van der Waals surface area contributed by atoms with Crippen molar-refractivity contribution in [2.45, 2.75) is 51.9 Å². The first-order valence-electron chi connectivity index (χ1n) is 9.42. The highest BCUT2D eigenvalue weighted by Gasteiger charge is 2.13. The monoisotopic (exact) mass is 475 g/mol. The molecular weight excluding hydrogens is 441 g/mol. The number of unbranched alkanes of at least 4 members (excludes halogenated alkanes) is 1. The van der Waals surface area contributed by atoms with Crippen molar-refractivity contribution in [1.82, 2.24) is 10.2 Å². The average molecular weight is 475 g/mol. The summed E-state index contributed by atoms with van der Waals surface area (Å²) < 4.78 is 11.3. The van der Waals surface area contributed by atoms with Gasteiger partial charge in [-0.25, -0.2) is 0 Å². The average Bonchev–Trinajstić information content (AvgIpc) is 2.67. The second-order valence-electron chi connectivity index (χ2n) is 6.62. The topological polar surface area (TPSA) is 46.1 Å². The normalized spacial score (nSPS) is 15.4. The van der Waals surface area contributed by atoms with Crippen molar-refractivity contribution in [3.8, 4) is 0 Å². The van der Waals surface area contributed by atoms with Gasteiger partial charge in [0.1, 0.15) is 0 Å². The largest absolute Gasteiger partial charge is 0.381 e. The molecule has 0 spiro atoms. The van der Waals surface area contributed by atoms with E-state index >= 15 is 0 Å². The minimum atomic E-state index is 0. The van der Waals surface area contributed by atoms with Crippen LogP contribution in [0.5, 0.6) is 0 Å². The Morgan fingerprint density at radius 2 is 1.88 bits per heavy atom. The zero-order valence-electron chi connectivity index (χ0n) is 16.4. The van der Waals surface area contributed by atoms with E-state index in [-0.39, 0.29) is 24.0 Å². The fraction of sp³-hybridized carbons (Fsp3) is 0.650. The fourth-order valence-electron chi connectivity index (χ4n) is 2.88. The van der Waals surface area contributed by atoms with Gasteiger partial charge in [-0.15, -0.1) is 24.0 Å². The van der Waals surface area contributed by atoms with Gasteiger partial charge < -0.3 is 19.7 Å². The van der Waals surface area contributed by atoms with Gasteiger partial charge in [0.25, 0.3) is 0 Å². The predicted molar refractivity (Wildman–Crippen MR) is 118 cm³/mol. The maximum atomic E-state index is 5.97. The second-order valence-corrected chi connectivity index (χ2v) is 6.62. The van der Waals surface area contributed by atoms with Crippen molar-refractivity contribution in [3.63, 3.8) is 0 Å². The number of ether oxygens (including phenoxy) is 2. The first-order valence-corrected chi connectivity index (χ1v) is 9.42. The van der Waals surface area contributed by atoms with E-state index < -0.39 is 0 Å². The molecule has 1 heterocycles. The van der Waals surface area contributed by atoms with Gasteiger partial charge in [0.05, 0.1) is 12.7 Å². The van der Waals surface area contributed by atoms with E-state index in [0.29, 0.717) is 12.7 Å². The molecule has 1 aliphatic heterocycles. The van der Waals surface area contributed by atoms with Gasteiger partial charge in [-0.2, -0.15) is 0 Å². The molecule has 1 aliphatic rings. The Bertz CT molecular complexity index is 516.